The maximum Gasteiger partial charge on any atom is 0.417 e. The fraction of sp³-hybridized carbons (Fsp3) is 0.100. The first kappa shape index (κ1) is 17.6. The summed E-state index contributed by atoms with van der Waals surface area (Å²) in [6, 6.07) is 12.5. The molecular formula is C20H14Cl2N2O3. The average Bonchev–Trinajstić information content (AvgIpc) is 3.02. The van der Waals surface area contributed by atoms with Gasteiger partial charge in [-0.25, -0.2) is 4.79 Å². The molecule has 0 atom stereocenters. The lowest BCUT2D eigenvalue weighted by Gasteiger charge is -2.12. The van der Waals surface area contributed by atoms with Gasteiger partial charge >= 0.3 is 6.09 Å². The predicted molar refractivity (Wildman–Crippen MR) is 105 cm³/mol. The highest BCUT2D eigenvalue weighted by atomic mass is 35.5. The minimum Gasteiger partial charge on any atom is -0.623 e. The Morgan fingerprint density at radius 1 is 1.07 bits per heavy atom. The molecule has 27 heavy (non-hydrogen) atoms. The van der Waals surface area contributed by atoms with Gasteiger partial charge < -0.3 is 9.94 Å². The number of hydrogen-bond acceptors (Lipinski definition) is 3. The molecule has 0 radical (unpaired) electrons. The molecule has 7 heteroatoms. The molecule has 0 fully saturated rings. The molecule has 3 aromatic rings. The highest BCUT2D eigenvalue weighted by Crippen LogP contribution is 2.35. The highest BCUT2D eigenvalue weighted by Gasteiger charge is 2.29. The lowest BCUT2D eigenvalue weighted by molar-refractivity contribution is -0.473. The number of carbonyl (C=O) groups excluding carboxylic acids is 1. The molecule has 1 aliphatic heterocycles. The van der Waals surface area contributed by atoms with Crippen molar-refractivity contribution in [2.24, 2.45) is 0 Å². The number of rotatable bonds is 1. The third-order valence-electron chi connectivity index (χ3n) is 4.51. The standard InChI is InChI=1S/C20H14Cl2N2O3/c1-27-20(25)23-9-12-10-24(26)19(15-4-2-3-5-18(15)22)16-8-13(21)6-7-14(16)17(12)11-23/h2-9,11H,10H2,1H3. The van der Waals surface area contributed by atoms with Crippen molar-refractivity contribution in [1.29, 1.82) is 0 Å². The van der Waals surface area contributed by atoms with Crippen LogP contribution >= 0.6 is 23.2 Å². The number of methoxy groups -OCH3 is 1. The van der Waals surface area contributed by atoms with Gasteiger partial charge in [-0.3, -0.25) is 4.57 Å². The predicted octanol–water partition coefficient (Wildman–Crippen LogP) is 4.94. The van der Waals surface area contributed by atoms with Gasteiger partial charge in [0.1, 0.15) is 0 Å². The van der Waals surface area contributed by atoms with Gasteiger partial charge in [0, 0.05) is 28.5 Å². The molecule has 0 saturated heterocycles. The van der Waals surface area contributed by atoms with Crippen LogP contribution in [0.4, 0.5) is 4.79 Å². The second-order valence-electron chi connectivity index (χ2n) is 6.13. The van der Waals surface area contributed by atoms with Crippen molar-refractivity contribution in [3.8, 4) is 11.1 Å². The van der Waals surface area contributed by atoms with Gasteiger partial charge in [-0.1, -0.05) is 41.4 Å². The summed E-state index contributed by atoms with van der Waals surface area (Å²) < 4.78 is 6.98. The highest BCUT2D eigenvalue weighted by molar-refractivity contribution is 6.36. The van der Waals surface area contributed by atoms with Crippen molar-refractivity contribution >= 4 is 35.0 Å². The molecule has 4 rings (SSSR count). The number of hydrogen-bond donors (Lipinski definition) is 0. The van der Waals surface area contributed by atoms with Gasteiger partial charge in [-0.05, 0) is 29.8 Å². The first-order valence-electron chi connectivity index (χ1n) is 8.15. The average molecular weight is 401 g/mol. The Hall–Kier alpha value is -2.76. The number of halogens is 2. The molecule has 2 heterocycles. The van der Waals surface area contributed by atoms with Crippen LogP contribution in [-0.4, -0.2) is 28.2 Å². The molecule has 1 aromatic heterocycles. The molecule has 0 amide bonds. The van der Waals surface area contributed by atoms with Gasteiger partial charge in [0.15, 0.2) is 6.54 Å². The minimum atomic E-state index is -0.522. The molecule has 0 N–H and O–H groups in total. The van der Waals surface area contributed by atoms with Gasteiger partial charge in [0.05, 0.1) is 23.3 Å². The minimum absolute atomic E-state index is 0.0617. The van der Waals surface area contributed by atoms with E-state index in [9.17, 15) is 10.0 Å². The number of nitrogens with zero attached hydrogens (tertiary/aromatic N) is 2. The summed E-state index contributed by atoms with van der Waals surface area (Å²) in [6.45, 7) is 0.0617. The Labute approximate surface area is 165 Å². The zero-order valence-corrected chi connectivity index (χ0v) is 15.8. The van der Waals surface area contributed by atoms with Crippen LogP contribution in [0.15, 0.2) is 54.9 Å². The summed E-state index contributed by atoms with van der Waals surface area (Å²) in [5.41, 5.74) is 4.01. The quantitative estimate of drug-likeness (QED) is 0.429. The van der Waals surface area contributed by atoms with Crippen LogP contribution in [0.3, 0.4) is 0 Å². The van der Waals surface area contributed by atoms with Gasteiger partial charge in [0.25, 0.3) is 0 Å². The topological polar surface area (TPSA) is 57.3 Å². The monoisotopic (exact) mass is 400 g/mol. The van der Waals surface area contributed by atoms with Gasteiger partial charge in [-0.15, -0.1) is 0 Å². The van der Waals surface area contributed by atoms with E-state index in [0.29, 0.717) is 32.4 Å². The normalized spacial score (nSPS) is 13.0. The second-order valence-corrected chi connectivity index (χ2v) is 6.97. The molecular weight excluding hydrogens is 387 g/mol. The molecule has 1 aliphatic rings. The third kappa shape index (κ3) is 2.99. The van der Waals surface area contributed by atoms with Crippen LogP contribution in [0.25, 0.3) is 11.1 Å². The maximum atomic E-state index is 13.1. The van der Waals surface area contributed by atoms with Crippen LogP contribution in [-0.2, 0) is 11.3 Å². The molecule has 0 spiro atoms. The SMILES string of the molecule is COC(=O)n1cc2c(c1)-c1ccc(Cl)cc1C(c1ccccc1Cl)=[N+]([O-])C2. The van der Waals surface area contributed by atoms with Crippen molar-refractivity contribution in [3.05, 3.63) is 86.8 Å². The van der Waals surface area contributed by atoms with Crippen molar-refractivity contribution in [2.75, 3.05) is 7.11 Å². The number of benzene rings is 2. The third-order valence-corrected chi connectivity index (χ3v) is 5.08. The largest absolute Gasteiger partial charge is 0.623 e. The Bertz CT molecular complexity index is 1100. The van der Waals surface area contributed by atoms with Crippen LogP contribution in [0, 0.1) is 5.21 Å². The second kappa shape index (κ2) is 6.76. The maximum absolute atomic E-state index is 13.1. The number of ether oxygens (including phenoxy) is 1. The van der Waals surface area contributed by atoms with Crippen molar-refractivity contribution in [1.82, 2.24) is 4.57 Å². The Morgan fingerprint density at radius 2 is 1.85 bits per heavy atom. The molecule has 0 bridgehead atoms. The lowest BCUT2D eigenvalue weighted by Crippen LogP contribution is -2.18. The van der Waals surface area contributed by atoms with Crippen LogP contribution in [0.5, 0.6) is 0 Å². The summed E-state index contributed by atoms with van der Waals surface area (Å²) in [4.78, 5) is 11.9. The number of aromatic nitrogens is 1. The Morgan fingerprint density at radius 3 is 2.59 bits per heavy atom. The molecule has 2 aromatic carbocycles. The van der Waals surface area contributed by atoms with E-state index in [1.807, 2.05) is 18.2 Å². The van der Waals surface area contributed by atoms with Crippen LogP contribution < -0.4 is 0 Å². The molecule has 0 unspecified atom stereocenters. The van der Waals surface area contributed by atoms with Crippen molar-refractivity contribution in [3.63, 3.8) is 0 Å². The van der Waals surface area contributed by atoms with Gasteiger partial charge in [-0.2, -0.15) is 4.74 Å². The van der Waals surface area contributed by atoms with Gasteiger partial charge in [0.2, 0.25) is 5.71 Å². The van der Waals surface area contributed by atoms with E-state index < -0.39 is 6.09 Å². The van der Waals surface area contributed by atoms with E-state index in [1.165, 1.54) is 11.7 Å². The summed E-state index contributed by atoms with van der Waals surface area (Å²) in [5.74, 6) is 0. The first-order valence-corrected chi connectivity index (χ1v) is 8.91. The Kier molecular flexibility index (Phi) is 4.42. The summed E-state index contributed by atoms with van der Waals surface area (Å²) in [6.07, 6.45) is 2.75. The fourth-order valence-electron chi connectivity index (χ4n) is 3.32. The molecule has 136 valence electrons. The summed E-state index contributed by atoms with van der Waals surface area (Å²) in [7, 11) is 1.31. The van der Waals surface area contributed by atoms with Crippen LogP contribution in [0.2, 0.25) is 10.0 Å². The molecule has 0 saturated carbocycles. The first-order chi connectivity index (χ1) is 13.0. The fourth-order valence-corrected chi connectivity index (χ4v) is 3.72. The van der Waals surface area contributed by atoms with Crippen LogP contribution in [0.1, 0.15) is 16.7 Å². The zero-order chi connectivity index (χ0) is 19.1. The smallest absolute Gasteiger partial charge is 0.417 e. The van der Waals surface area contributed by atoms with E-state index in [4.69, 9.17) is 27.9 Å². The Balaban J connectivity index is 2.01. The number of hydroxylamine groups is 1. The lowest BCUT2D eigenvalue weighted by atomic mass is 9.94. The van der Waals surface area contributed by atoms with E-state index in [-0.39, 0.29) is 6.54 Å². The summed E-state index contributed by atoms with van der Waals surface area (Å²) >= 11 is 12.6. The molecule has 0 aliphatic carbocycles. The van der Waals surface area contributed by atoms with E-state index in [0.717, 1.165) is 15.9 Å². The van der Waals surface area contributed by atoms with E-state index in [1.54, 1.807) is 36.7 Å². The van der Waals surface area contributed by atoms with Crippen molar-refractivity contribution in [2.45, 2.75) is 6.54 Å². The molecule has 5 nitrogen and oxygen atoms in total. The summed E-state index contributed by atoms with van der Waals surface area (Å²) in [5, 5.41) is 14.1. The van der Waals surface area contributed by atoms with E-state index in [2.05, 4.69) is 0 Å². The van der Waals surface area contributed by atoms with E-state index >= 15 is 0 Å². The van der Waals surface area contributed by atoms with Crippen molar-refractivity contribution < 1.29 is 14.3 Å². The number of fused-ring (bicyclic) bond motifs is 3. The number of carbonyl (C=O) groups is 1. The zero-order valence-electron chi connectivity index (χ0n) is 14.3.